The zero-order valence-corrected chi connectivity index (χ0v) is 14.2. The SMILES string of the molecule is FC(F)(F)c1ccccc1[C@H]1Nc2c(Br)cccc2[C@H]2C=CC[C@@H]21. The molecule has 0 bridgehead atoms. The molecular weight excluding hydrogens is 379 g/mol. The van der Waals surface area contributed by atoms with E-state index in [0.29, 0.717) is 5.56 Å². The first-order valence-electron chi connectivity index (χ1n) is 7.84. The number of halogens is 4. The van der Waals surface area contributed by atoms with Crippen LogP contribution >= 0.6 is 15.9 Å². The van der Waals surface area contributed by atoms with Crippen molar-refractivity contribution in [3.63, 3.8) is 0 Å². The van der Waals surface area contributed by atoms with Crippen molar-refractivity contribution >= 4 is 21.6 Å². The van der Waals surface area contributed by atoms with E-state index in [-0.39, 0.29) is 17.9 Å². The Morgan fingerprint density at radius 1 is 1.00 bits per heavy atom. The summed E-state index contributed by atoms with van der Waals surface area (Å²) >= 11 is 3.53. The highest BCUT2D eigenvalue weighted by Gasteiger charge is 2.42. The summed E-state index contributed by atoms with van der Waals surface area (Å²) in [6.07, 6.45) is 0.630. The number of hydrogen-bond donors (Lipinski definition) is 1. The first-order chi connectivity index (χ1) is 11.5. The van der Waals surface area contributed by atoms with E-state index in [0.717, 1.165) is 22.1 Å². The number of benzene rings is 2. The average molecular weight is 394 g/mol. The Morgan fingerprint density at radius 3 is 2.54 bits per heavy atom. The van der Waals surface area contributed by atoms with Crippen molar-refractivity contribution in [2.75, 3.05) is 5.32 Å². The third-order valence-electron chi connectivity index (χ3n) is 4.95. The molecule has 1 aliphatic heterocycles. The van der Waals surface area contributed by atoms with Crippen molar-refractivity contribution in [2.45, 2.75) is 24.6 Å². The molecule has 4 rings (SSSR count). The van der Waals surface area contributed by atoms with Crippen LogP contribution < -0.4 is 5.32 Å². The normalized spacial score (nSPS) is 25.1. The maximum atomic E-state index is 13.5. The van der Waals surface area contributed by atoms with Crippen LogP contribution in [0.4, 0.5) is 18.9 Å². The Hall–Kier alpha value is -1.75. The van der Waals surface area contributed by atoms with Crippen molar-refractivity contribution in [2.24, 2.45) is 5.92 Å². The second-order valence-electron chi connectivity index (χ2n) is 6.26. The molecule has 0 amide bonds. The van der Waals surface area contributed by atoms with E-state index in [9.17, 15) is 13.2 Å². The van der Waals surface area contributed by atoms with Gasteiger partial charge in [-0.25, -0.2) is 0 Å². The van der Waals surface area contributed by atoms with Gasteiger partial charge in [0.05, 0.1) is 17.3 Å². The van der Waals surface area contributed by atoms with Gasteiger partial charge < -0.3 is 5.32 Å². The molecule has 0 radical (unpaired) electrons. The van der Waals surface area contributed by atoms with Crippen LogP contribution in [-0.4, -0.2) is 0 Å². The van der Waals surface area contributed by atoms with E-state index in [1.807, 2.05) is 18.2 Å². The van der Waals surface area contributed by atoms with Crippen molar-refractivity contribution < 1.29 is 13.2 Å². The largest absolute Gasteiger partial charge is 0.416 e. The number of hydrogen-bond acceptors (Lipinski definition) is 1. The molecule has 0 aromatic heterocycles. The predicted octanol–water partition coefficient (Wildman–Crippen LogP) is 6.29. The van der Waals surface area contributed by atoms with Crippen LogP contribution in [-0.2, 0) is 6.18 Å². The van der Waals surface area contributed by atoms with Gasteiger partial charge in [-0.2, -0.15) is 13.2 Å². The van der Waals surface area contributed by atoms with Gasteiger partial charge in [0.1, 0.15) is 0 Å². The lowest BCUT2D eigenvalue weighted by Gasteiger charge is -2.38. The minimum atomic E-state index is -4.35. The minimum Gasteiger partial charge on any atom is -0.377 e. The summed E-state index contributed by atoms with van der Waals surface area (Å²) in [5, 5.41) is 3.38. The van der Waals surface area contributed by atoms with Gasteiger partial charge in [0.15, 0.2) is 0 Å². The number of alkyl halides is 3. The quantitative estimate of drug-likeness (QED) is 0.561. The molecule has 0 fully saturated rings. The monoisotopic (exact) mass is 393 g/mol. The fourth-order valence-electron chi connectivity index (χ4n) is 3.92. The lowest BCUT2D eigenvalue weighted by molar-refractivity contribution is -0.138. The van der Waals surface area contributed by atoms with Gasteiger partial charge in [0, 0.05) is 10.4 Å². The van der Waals surface area contributed by atoms with Gasteiger partial charge in [0.2, 0.25) is 0 Å². The van der Waals surface area contributed by atoms with Crippen LogP contribution in [0.2, 0.25) is 0 Å². The van der Waals surface area contributed by atoms with Crippen molar-refractivity contribution in [3.8, 4) is 0 Å². The van der Waals surface area contributed by atoms with E-state index in [4.69, 9.17) is 0 Å². The molecule has 5 heteroatoms. The van der Waals surface area contributed by atoms with Crippen LogP contribution in [0.15, 0.2) is 59.1 Å². The molecule has 24 heavy (non-hydrogen) atoms. The molecule has 124 valence electrons. The second kappa shape index (κ2) is 5.66. The zero-order valence-electron chi connectivity index (χ0n) is 12.6. The highest BCUT2D eigenvalue weighted by Crippen LogP contribution is 2.52. The van der Waals surface area contributed by atoms with Gasteiger partial charge in [-0.15, -0.1) is 0 Å². The van der Waals surface area contributed by atoms with Crippen LogP contribution in [0.25, 0.3) is 0 Å². The summed E-state index contributed by atoms with van der Waals surface area (Å²) in [4.78, 5) is 0. The fraction of sp³-hybridized carbons (Fsp3) is 0.263. The molecule has 2 aromatic rings. The second-order valence-corrected chi connectivity index (χ2v) is 7.12. The Kier molecular flexibility index (Phi) is 3.71. The summed E-state index contributed by atoms with van der Waals surface area (Å²) in [6, 6.07) is 11.5. The molecule has 3 atom stereocenters. The summed E-state index contributed by atoms with van der Waals surface area (Å²) in [5.74, 6) is 0.236. The van der Waals surface area contributed by atoms with Crippen molar-refractivity contribution in [3.05, 3.63) is 75.8 Å². The highest BCUT2D eigenvalue weighted by atomic mass is 79.9. The summed E-state index contributed by atoms with van der Waals surface area (Å²) in [7, 11) is 0. The number of para-hydroxylation sites is 1. The minimum absolute atomic E-state index is 0.0929. The third kappa shape index (κ3) is 2.46. The number of nitrogens with one attached hydrogen (secondary N) is 1. The maximum Gasteiger partial charge on any atom is 0.416 e. The fourth-order valence-corrected chi connectivity index (χ4v) is 4.41. The standard InChI is InChI=1S/C19H15BrF3N/c20-16-10-4-8-13-11-6-3-7-12(11)17(24-18(13)16)14-5-1-2-9-15(14)19(21,22)23/h1-6,8-12,17,24H,7H2/t11-,12-,17-/m0/s1. The van der Waals surface area contributed by atoms with Gasteiger partial charge in [0.25, 0.3) is 0 Å². The van der Waals surface area contributed by atoms with Crippen LogP contribution in [0.1, 0.15) is 35.1 Å². The van der Waals surface area contributed by atoms with E-state index in [1.54, 1.807) is 12.1 Å². The van der Waals surface area contributed by atoms with E-state index < -0.39 is 11.7 Å². The number of allylic oxidation sites excluding steroid dienone is 2. The van der Waals surface area contributed by atoms with Crippen LogP contribution in [0.3, 0.4) is 0 Å². The van der Waals surface area contributed by atoms with Gasteiger partial charge in [-0.1, -0.05) is 42.5 Å². The summed E-state index contributed by atoms with van der Waals surface area (Å²) in [5.41, 5.74) is 1.81. The summed E-state index contributed by atoms with van der Waals surface area (Å²) < 4.78 is 41.3. The number of anilines is 1. The molecule has 1 aliphatic carbocycles. The van der Waals surface area contributed by atoms with Crippen molar-refractivity contribution in [1.82, 2.24) is 0 Å². The van der Waals surface area contributed by atoms with Crippen molar-refractivity contribution in [1.29, 1.82) is 0 Å². The molecular formula is C19H15BrF3N. The lowest BCUT2D eigenvalue weighted by atomic mass is 9.76. The Bertz CT molecular complexity index is 812. The van der Waals surface area contributed by atoms with Gasteiger partial charge in [-0.05, 0) is 51.5 Å². The highest BCUT2D eigenvalue weighted by molar-refractivity contribution is 9.10. The third-order valence-corrected chi connectivity index (χ3v) is 5.61. The van der Waals surface area contributed by atoms with E-state index in [2.05, 4.69) is 33.4 Å². The smallest absolute Gasteiger partial charge is 0.377 e. The number of fused-ring (bicyclic) bond motifs is 3. The topological polar surface area (TPSA) is 12.0 Å². The molecule has 1 nitrogen and oxygen atoms in total. The summed E-state index contributed by atoms with van der Waals surface area (Å²) in [6.45, 7) is 0. The van der Waals surface area contributed by atoms with Crippen LogP contribution in [0.5, 0.6) is 0 Å². The lowest BCUT2D eigenvalue weighted by Crippen LogP contribution is -2.31. The van der Waals surface area contributed by atoms with Crippen LogP contribution in [0, 0.1) is 5.92 Å². The van der Waals surface area contributed by atoms with E-state index >= 15 is 0 Å². The molecule has 0 saturated carbocycles. The molecule has 1 N–H and O–H groups in total. The Balaban J connectivity index is 1.85. The molecule has 1 heterocycles. The first kappa shape index (κ1) is 15.8. The molecule has 0 unspecified atom stereocenters. The molecule has 2 aromatic carbocycles. The van der Waals surface area contributed by atoms with E-state index in [1.165, 1.54) is 12.1 Å². The molecule has 2 aliphatic rings. The van der Waals surface area contributed by atoms with Gasteiger partial charge >= 0.3 is 6.18 Å². The molecule has 0 spiro atoms. The average Bonchev–Trinajstić information content (AvgIpc) is 3.04. The molecule has 0 saturated heterocycles. The maximum absolute atomic E-state index is 13.5. The first-order valence-corrected chi connectivity index (χ1v) is 8.64. The zero-order chi connectivity index (χ0) is 16.9. The number of rotatable bonds is 1. The Morgan fingerprint density at radius 2 is 1.75 bits per heavy atom. The van der Waals surface area contributed by atoms with Gasteiger partial charge in [-0.3, -0.25) is 0 Å². The predicted molar refractivity (Wildman–Crippen MR) is 91.9 cm³/mol. The Labute approximate surface area is 146 Å².